The number of rotatable bonds is 4. The van der Waals surface area contributed by atoms with E-state index in [1.807, 2.05) is 30.3 Å². The lowest BCUT2D eigenvalue weighted by atomic mass is 10.2. The molecular formula is C8H10N2O3. The summed E-state index contributed by atoms with van der Waals surface area (Å²) < 4.78 is 0. The topological polar surface area (TPSA) is 70.6 Å². The Labute approximate surface area is 75.3 Å². The van der Waals surface area contributed by atoms with Crippen LogP contribution in [0.3, 0.4) is 0 Å². The van der Waals surface area contributed by atoms with Crippen LogP contribution in [0.4, 0.5) is 4.79 Å². The van der Waals surface area contributed by atoms with Crippen molar-refractivity contribution in [1.29, 1.82) is 0 Å². The van der Waals surface area contributed by atoms with Crippen LogP contribution in [0, 0.1) is 0 Å². The first-order valence-corrected chi connectivity index (χ1v) is 3.70. The maximum Gasteiger partial charge on any atom is 0.526 e. The Morgan fingerprint density at radius 1 is 1.38 bits per heavy atom. The highest BCUT2D eigenvalue weighted by Crippen LogP contribution is 1.95. The Hall–Kier alpha value is -1.59. The second kappa shape index (κ2) is 5.13. The molecule has 0 amide bonds. The monoisotopic (exact) mass is 182 g/mol. The molecule has 13 heavy (non-hydrogen) atoms. The minimum absolute atomic E-state index is 0.494. The first kappa shape index (κ1) is 9.50. The molecular weight excluding hydrogens is 172 g/mol. The van der Waals surface area contributed by atoms with E-state index in [2.05, 4.69) is 15.9 Å². The second-order valence-electron chi connectivity index (χ2n) is 2.31. The molecule has 0 unspecified atom stereocenters. The Kier molecular flexibility index (Phi) is 3.74. The molecule has 5 heteroatoms. The summed E-state index contributed by atoms with van der Waals surface area (Å²) in [6.45, 7) is 0.494. The zero-order chi connectivity index (χ0) is 9.52. The summed E-state index contributed by atoms with van der Waals surface area (Å²) in [6, 6.07) is 9.53. The van der Waals surface area contributed by atoms with Gasteiger partial charge in [-0.2, -0.15) is 0 Å². The molecule has 70 valence electrons. The number of benzene rings is 1. The van der Waals surface area contributed by atoms with Gasteiger partial charge in [-0.25, -0.2) is 10.2 Å². The summed E-state index contributed by atoms with van der Waals surface area (Å²) >= 11 is 0. The van der Waals surface area contributed by atoms with E-state index >= 15 is 0 Å². The predicted molar refractivity (Wildman–Crippen MR) is 45.5 cm³/mol. The highest BCUT2D eigenvalue weighted by Gasteiger charge is 1.94. The smallest absolute Gasteiger partial charge is 0.448 e. The molecule has 0 heterocycles. The van der Waals surface area contributed by atoms with Gasteiger partial charge in [-0.05, 0) is 5.56 Å². The Morgan fingerprint density at radius 2 is 2.08 bits per heavy atom. The van der Waals surface area contributed by atoms with Crippen LogP contribution >= 0.6 is 0 Å². The van der Waals surface area contributed by atoms with Crippen LogP contribution in [0.5, 0.6) is 0 Å². The first-order valence-electron chi connectivity index (χ1n) is 3.70. The lowest BCUT2D eigenvalue weighted by Gasteiger charge is -2.03. The number of nitrogens with one attached hydrogen (secondary N) is 2. The molecule has 0 atom stereocenters. The van der Waals surface area contributed by atoms with Gasteiger partial charge in [0.25, 0.3) is 0 Å². The zero-order valence-corrected chi connectivity index (χ0v) is 6.86. The Bertz CT molecular complexity index is 263. The Morgan fingerprint density at radius 3 is 2.69 bits per heavy atom. The highest BCUT2D eigenvalue weighted by molar-refractivity contribution is 5.56. The molecule has 0 saturated heterocycles. The van der Waals surface area contributed by atoms with Crippen molar-refractivity contribution in [2.24, 2.45) is 0 Å². The average molecular weight is 182 g/mol. The van der Waals surface area contributed by atoms with Gasteiger partial charge in [0.05, 0.1) is 0 Å². The molecule has 0 radical (unpaired) electrons. The van der Waals surface area contributed by atoms with Gasteiger partial charge in [0.15, 0.2) is 0 Å². The van der Waals surface area contributed by atoms with Crippen molar-refractivity contribution in [2.75, 3.05) is 0 Å². The average Bonchev–Trinajstić information content (AvgIpc) is 2.14. The third-order valence-corrected chi connectivity index (χ3v) is 1.35. The molecule has 1 aromatic carbocycles. The van der Waals surface area contributed by atoms with Gasteiger partial charge in [0.2, 0.25) is 0 Å². The van der Waals surface area contributed by atoms with Crippen molar-refractivity contribution in [3.63, 3.8) is 0 Å². The van der Waals surface area contributed by atoms with Crippen molar-refractivity contribution in [3.05, 3.63) is 35.9 Å². The molecule has 5 nitrogen and oxygen atoms in total. The van der Waals surface area contributed by atoms with E-state index in [1.54, 1.807) is 0 Å². The van der Waals surface area contributed by atoms with Crippen LogP contribution in [0.1, 0.15) is 5.56 Å². The van der Waals surface area contributed by atoms with E-state index < -0.39 is 6.16 Å². The summed E-state index contributed by atoms with van der Waals surface area (Å²) in [7, 11) is 0. The van der Waals surface area contributed by atoms with Crippen molar-refractivity contribution in [2.45, 2.75) is 6.54 Å². The fourth-order valence-electron chi connectivity index (χ4n) is 0.814. The summed E-state index contributed by atoms with van der Waals surface area (Å²) in [6.07, 6.45) is -1.37. The fraction of sp³-hybridized carbons (Fsp3) is 0.125. The van der Waals surface area contributed by atoms with Gasteiger partial charge >= 0.3 is 6.16 Å². The summed E-state index contributed by atoms with van der Waals surface area (Å²) in [4.78, 5) is 13.9. The number of carboxylic acid groups (broad SMARTS) is 1. The number of hydrogen-bond donors (Lipinski definition) is 3. The first-order chi connectivity index (χ1) is 6.29. The molecule has 0 aliphatic carbocycles. The molecule has 1 aromatic rings. The largest absolute Gasteiger partial charge is 0.526 e. The maximum absolute atomic E-state index is 9.89. The minimum atomic E-state index is -1.37. The third kappa shape index (κ3) is 4.09. The lowest BCUT2D eigenvalue weighted by molar-refractivity contribution is 0.0232. The molecule has 0 saturated carbocycles. The van der Waals surface area contributed by atoms with Gasteiger partial charge in [0.1, 0.15) is 0 Å². The summed E-state index contributed by atoms with van der Waals surface area (Å²) in [5.41, 5.74) is 5.70. The maximum atomic E-state index is 9.89. The van der Waals surface area contributed by atoms with Crippen LogP contribution in [-0.4, -0.2) is 11.3 Å². The van der Waals surface area contributed by atoms with E-state index in [4.69, 9.17) is 5.11 Å². The van der Waals surface area contributed by atoms with Crippen LogP contribution < -0.4 is 11.0 Å². The lowest BCUT2D eigenvalue weighted by Crippen LogP contribution is -2.32. The van der Waals surface area contributed by atoms with Gasteiger partial charge in [-0.15, -0.1) is 0 Å². The van der Waals surface area contributed by atoms with Gasteiger partial charge < -0.3 is 9.94 Å². The van der Waals surface area contributed by atoms with E-state index in [0.29, 0.717) is 6.54 Å². The molecule has 0 aliphatic rings. The van der Waals surface area contributed by atoms with Crippen LogP contribution in [0.15, 0.2) is 30.3 Å². The molecule has 1 rings (SSSR count). The number of hydrogen-bond acceptors (Lipinski definition) is 4. The molecule has 0 spiro atoms. The van der Waals surface area contributed by atoms with Gasteiger partial charge in [0, 0.05) is 6.54 Å². The summed E-state index contributed by atoms with van der Waals surface area (Å²) in [5, 5.41) is 8.09. The molecule has 0 fully saturated rings. The quantitative estimate of drug-likeness (QED) is 0.476. The molecule has 0 bridgehead atoms. The van der Waals surface area contributed by atoms with E-state index in [9.17, 15) is 4.79 Å². The minimum Gasteiger partial charge on any atom is -0.448 e. The van der Waals surface area contributed by atoms with Gasteiger partial charge in [-0.3, -0.25) is 0 Å². The van der Waals surface area contributed by atoms with E-state index in [-0.39, 0.29) is 0 Å². The van der Waals surface area contributed by atoms with Crippen molar-refractivity contribution >= 4 is 6.16 Å². The van der Waals surface area contributed by atoms with E-state index in [1.165, 1.54) is 0 Å². The van der Waals surface area contributed by atoms with Crippen molar-refractivity contribution < 1.29 is 14.7 Å². The standard InChI is InChI=1S/C8H10N2O3/c11-8(12)13-10-9-6-7-4-2-1-3-5-7/h1-5,9-10H,6H2,(H,11,12). The predicted octanol–water partition coefficient (Wildman–Crippen LogP) is 0.890. The van der Waals surface area contributed by atoms with E-state index in [0.717, 1.165) is 5.56 Å². The van der Waals surface area contributed by atoms with Crippen LogP contribution in [0.2, 0.25) is 0 Å². The van der Waals surface area contributed by atoms with Crippen molar-refractivity contribution in [1.82, 2.24) is 11.0 Å². The molecule has 3 N–H and O–H groups in total. The molecule has 0 aromatic heterocycles. The van der Waals surface area contributed by atoms with Crippen molar-refractivity contribution in [3.8, 4) is 0 Å². The van der Waals surface area contributed by atoms with Crippen LogP contribution in [0.25, 0.3) is 0 Å². The number of carbonyl (C=O) groups is 1. The van der Waals surface area contributed by atoms with Gasteiger partial charge in [-0.1, -0.05) is 35.9 Å². The second-order valence-corrected chi connectivity index (χ2v) is 2.31. The highest BCUT2D eigenvalue weighted by atomic mass is 16.8. The number of hydrazine groups is 1. The summed E-state index contributed by atoms with van der Waals surface area (Å²) in [5.74, 6) is 0. The SMILES string of the molecule is O=C(O)ONNCc1ccccc1. The third-order valence-electron chi connectivity index (χ3n) is 1.35. The molecule has 0 aliphatic heterocycles. The zero-order valence-electron chi connectivity index (χ0n) is 6.86. The normalized spacial score (nSPS) is 9.54. The van der Waals surface area contributed by atoms with Crippen LogP contribution in [-0.2, 0) is 11.4 Å². The fourth-order valence-corrected chi connectivity index (χ4v) is 0.814. The Balaban J connectivity index is 2.17.